The maximum atomic E-state index is 8.99. The molecule has 1 rings (SSSR count). The lowest BCUT2D eigenvalue weighted by Gasteiger charge is -2.38. The lowest BCUT2D eigenvalue weighted by atomic mass is 9.81. The fourth-order valence-corrected chi connectivity index (χ4v) is 2.89. The van der Waals surface area contributed by atoms with Crippen LogP contribution in [0.4, 0.5) is 0 Å². The van der Waals surface area contributed by atoms with Gasteiger partial charge in [0, 0.05) is 12.6 Å². The first kappa shape index (κ1) is 13.0. The Morgan fingerprint density at radius 1 is 1.27 bits per heavy atom. The van der Waals surface area contributed by atoms with Crippen molar-refractivity contribution in [2.24, 2.45) is 5.92 Å². The number of unbranched alkanes of at least 4 members (excludes halogenated alkanes) is 1. The average Bonchev–Trinajstić information content (AvgIpc) is 2.27. The van der Waals surface area contributed by atoms with Crippen LogP contribution < -0.4 is 0 Å². The SMILES string of the molecule is CCCCC1CCCCC1N(C)CCO. The number of hydrogen-bond donors (Lipinski definition) is 1. The van der Waals surface area contributed by atoms with Crippen molar-refractivity contribution in [1.29, 1.82) is 0 Å². The van der Waals surface area contributed by atoms with E-state index in [1.54, 1.807) is 0 Å². The third-order valence-corrected chi connectivity index (χ3v) is 3.82. The second-order valence-electron chi connectivity index (χ2n) is 4.96. The van der Waals surface area contributed by atoms with Crippen molar-refractivity contribution in [2.75, 3.05) is 20.2 Å². The summed E-state index contributed by atoms with van der Waals surface area (Å²) in [7, 11) is 2.17. The fourth-order valence-electron chi connectivity index (χ4n) is 2.89. The molecule has 15 heavy (non-hydrogen) atoms. The summed E-state index contributed by atoms with van der Waals surface area (Å²) in [6, 6.07) is 0.734. The third-order valence-electron chi connectivity index (χ3n) is 3.82. The van der Waals surface area contributed by atoms with E-state index in [2.05, 4.69) is 18.9 Å². The molecular formula is C13H27NO. The summed E-state index contributed by atoms with van der Waals surface area (Å²) in [6.45, 7) is 3.41. The third kappa shape index (κ3) is 4.12. The van der Waals surface area contributed by atoms with Gasteiger partial charge in [0.2, 0.25) is 0 Å². The molecule has 0 saturated heterocycles. The molecule has 0 spiro atoms. The highest BCUT2D eigenvalue weighted by molar-refractivity contribution is 4.81. The van der Waals surface area contributed by atoms with Gasteiger partial charge in [0.15, 0.2) is 0 Å². The zero-order chi connectivity index (χ0) is 11.1. The minimum atomic E-state index is 0.299. The second kappa shape index (κ2) is 7.24. The summed E-state index contributed by atoms with van der Waals surface area (Å²) in [6.07, 6.45) is 9.60. The van der Waals surface area contributed by atoms with Crippen LogP contribution in [0, 0.1) is 5.92 Å². The van der Waals surface area contributed by atoms with Crippen LogP contribution in [0.5, 0.6) is 0 Å². The highest BCUT2D eigenvalue weighted by Crippen LogP contribution is 2.31. The molecule has 0 amide bonds. The molecule has 0 heterocycles. The van der Waals surface area contributed by atoms with Gasteiger partial charge in [0.25, 0.3) is 0 Å². The molecule has 0 bridgehead atoms. The predicted molar refractivity (Wildman–Crippen MR) is 65.0 cm³/mol. The molecule has 2 heteroatoms. The molecule has 2 atom stereocenters. The second-order valence-corrected chi connectivity index (χ2v) is 4.96. The van der Waals surface area contributed by atoms with Crippen molar-refractivity contribution in [3.8, 4) is 0 Å². The minimum Gasteiger partial charge on any atom is -0.395 e. The Balaban J connectivity index is 2.41. The molecule has 0 aromatic rings. The first-order valence-electron chi connectivity index (χ1n) is 6.60. The molecule has 1 saturated carbocycles. The van der Waals surface area contributed by atoms with Crippen molar-refractivity contribution >= 4 is 0 Å². The van der Waals surface area contributed by atoms with E-state index in [9.17, 15) is 0 Å². The Morgan fingerprint density at radius 3 is 2.67 bits per heavy atom. The molecule has 1 N–H and O–H groups in total. The highest BCUT2D eigenvalue weighted by atomic mass is 16.3. The summed E-state index contributed by atoms with van der Waals surface area (Å²) in [5.41, 5.74) is 0. The van der Waals surface area contributed by atoms with E-state index in [0.717, 1.165) is 18.5 Å². The van der Waals surface area contributed by atoms with Crippen molar-refractivity contribution in [1.82, 2.24) is 4.90 Å². The van der Waals surface area contributed by atoms with Crippen LogP contribution in [0.15, 0.2) is 0 Å². The van der Waals surface area contributed by atoms with Gasteiger partial charge in [-0.3, -0.25) is 0 Å². The van der Waals surface area contributed by atoms with E-state index < -0.39 is 0 Å². The van der Waals surface area contributed by atoms with Crippen LogP contribution in [0.25, 0.3) is 0 Å². The minimum absolute atomic E-state index is 0.299. The highest BCUT2D eigenvalue weighted by Gasteiger charge is 2.27. The van der Waals surface area contributed by atoms with Crippen molar-refractivity contribution in [3.63, 3.8) is 0 Å². The van der Waals surface area contributed by atoms with E-state index in [1.165, 1.54) is 44.9 Å². The van der Waals surface area contributed by atoms with Gasteiger partial charge in [-0.25, -0.2) is 0 Å². The summed E-state index contributed by atoms with van der Waals surface area (Å²) in [5, 5.41) is 8.99. The van der Waals surface area contributed by atoms with Gasteiger partial charge in [-0.15, -0.1) is 0 Å². The normalized spacial score (nSPS) is 27.2. The predicted octanol–water partition coefficient (Wildman–Crippen LogP) is 2.66. The number of likely N-dealkylation sites (N-methyl/N-ethyl adjacent to an activating group) is 1. The van der Waals surface area contributed by atoms with Crippen LogP contribution in [0.3, 0.4) is 0 Å². The zero-order valence-corrected chi connectivity index (χ0v) is 10.4. The van der Waals surface area contributed by atoms with Gasteiger partial charge in [-0.1, -0.05) is 32.6 Å². The largest absolute Gasteiger partial charge is 0.395 e. The molecule has 0 radical (unpaired) electrons. The molecule has 1 fully saturated rings. The molecule has 0 aliphatic heterocycles. The smallest absolute Gasteiger partial charge is 0.0558 e. The molecule has 2 unspecified atom stereocenters. The first-order chi connectivity index (χ1) is 7.29. The lowest BCUT2D eigenvalue weighted by molar-refractivity contribution is 0.102. The summed E-state index contributed by atoms with van der Waals surface area (Å²) >= 11 is 0. The standard InChI is InChI=1S/C13H27NO/c1-3-4-7-12-8-5-6-9-13(12)14(2)10-11-15/h12-13,15H,3-11H2,1-2H3. The summed E-state index contributed by atoms with van der Waals surface area (Å²) in [5.74, 6) is 0.884. The van der Waals surface area contributed by atoms with E-state index in [1.807, 2.05) is 0 Å². The molecular weight excluding hydrogens is 186 g/mol. The fraction of sp³-hybridized carbons (Fsp3) is 1.00. The van der Waals surface area contributed by atoms with Crippen molar-refractivity contribution in [2.45, 2.75) is 57.9 Å². The maximum absolute atomic E-state index is 8.99. The van der Waals surface area contributed by atoms with E-state index >= 15 is 0 Å². The van der Waals surface area contributed by atoms with Gasteiger partial charge < -0.3 is 10.0 Å². The number of aliphatic hydroxyl groups excluding tert-OH is 1. The first-order valence-corrected chi connectivity index (χ1v) is 6.60. The molecule has 90 valence electrons. The average molecular weight is 213 g/mol. The molecule has 2 nitrogen and oxygen atoms in total. The molecule has 1 aliphatic rings. The van der Waals surface area contributed by atoms with Crippen LogP contribution in [0.2, 0.25) is 0 Å². The summed E-state index contributed by atoms with van der Waals surface area (Å²) < 4.78 is 0. The van der Waals surface area contributed by atoms with Crippen LogP contribution >= 0.6 is 0 Å². The van der Waals surface area contributed by atoms with Crippen LogP contribution in [-0.4, -0.2) is 36.2 Å². The Bertz CT molecular complexity index is 161. The quantitative estimate of drug-likeness (QED) is 0.733. The maximum Gasteiger partial charge on any atom is 0.0558 e. The van der Waals surface area contributed by atoms with Crippen molar-refractivity contribution in [3.05, 3.63) is 0 Å². The van der Waals surface area contributed by atoms with Gasteiger partial charge >= 0.3 is 0 Å². The van der Waals surface area contributed by atoms with Gasteiger partial charge in [-0.05, 0) is 32.2 Å². The Kier molecular flexibility index (Phi) is 6.26. The number of aliphatic hydroxyl groups is 1. The van der Waals surface area contributed by atoms with E-state index in [-0.39, 0.29) is 0 Å². The van der Waals surface area contributed by atoms with Gasteiger partial charge in [-0.2, -0.15) is 0 Å². The van der Waals surface area contributed by atoms with Gasteiger partial charge in [0.1, 0.15) is 0 Å². The van der Waals surface area contributed by atoms with Gasteiger partial charge in [0.05, 0.1) is 6.61 Å². The Hall–Kier alpha value is -0.0800. The van der Waals surface area contributed by atoms with E-state index in [4.69, 9.17) is 5.11 Å². The number of nitrogens with zero attached hydrogens (tertiary/aromatic N) is 1. The Labute approximate surface area is 94.7 Å². The van der Waals surface area contributed by atoms with Crippen molar-refractivity contribution < 1.29 is 5.11 Å². The Morgan fingerprint density at radius 2 is 2.00 bits per heavy atom. The monoisotopic (exact) mass is 213 g/mol. The zero-order valence-electron chi connectivity index (χ0n) is 10.4. The number of rotatable bonds is 6. The summed E-state index contributed by atoms with van der Waals surface area (Å²) in [4.78, 5) is 2.37. The topological polar surface area (TPSA) is 23.5 Å². The van der Waals surface area contributed by atoms with Crippen LogP contribution in [0.1, 0.15) is 51.9 Å². The van der Waals surface area contributed by atoms with Crippen LogP contribution in [-0.2, 0) is 0 Å². The lowest BCUT2D eigenvalue weighted by Crippen LogP contribution is -2.41. The molecule has 1 aliphatic carbocycles. The number of hydrogen-bond acceptors (Lipinski definition) is 2. The molecule has 0 aromatic carbocycles. The molecule has 0 aromatic heterocycles. The van der Waals surface area contributed by atoms with E-state index in [0.29, 0.717) is 6.61 Å².